The highest BCUT2D eigenvalue weighted by molar-refractivity contribution is 6.05. The molecule has 0 radical (unpaired) electrons. The third-order valence-electron chi connectivity index (χ3n) is 3.71. The first-order valence-electron chi connectivity index (χ1n) is 6.81. The molecular weight excluding hydrogens is 268 g/mol. The average Bonchev–Trinajstić information content (AvgIpc) is 2.49. The van der Waals surface area contributed by atoms with E-state index in [2.05, 4.69) is 5.10 Å². The lowest BCUT2D eigenvalue weighted by atomic mass is 9.99. The number of nitrogens with zero attached hydrogens (tertiary/aromatic N) is 3. The number of hydrogen-bond acceptors (Lipinski definition) is 4. The lowest BCUT2D eigenvalue weighted by molar-refractivity contribution is 0.0978. The molecule has 1 aromatic heterocycles. The lowest BCUT2D eigenvalue weighted by Gasteiger charge is -2.30. The van der Waals surface area contributed by atoms with E-state index in [0.717, 1.165) is 28.8 Å². The molecule has 0 bridgehead atoms. The minimum Gasteiger partial charge on any atom is -0.398 e. The largest absolute Gasteiger partial charge is 0.398 e. The maximum Gasteiger partial charge on any atom is 0.278 e. The fraction of sp³-hybridized carbons (Fsp3) is 0.267. The highest BCUT2D eigenvalue weighted by atomic mass is 16.2. The Kier molecular flexibility index (Phi) is 3.21. The SMILES string of the molecule is Cn1nc(C(=O)N2CCCc3c(N)cccc32)ccc1=O. The molecule has 2 N–H and O–H groups in total. The molecule has 108 valence electrons. The monoisotopic (exact) mass is 284 g/mol. The fourth-order valence-electron chi connectivity index (χ4n) is 2.62. The van der Waals surface area contributed by atoms with Gasteiger partial charge in [0.25, 0.3) is 11.5 Å². The topological polar surface area (TPSA) is 81.2 Å². The zero-order valence-electron chi connectivity index (χ0n) is 11.7. The van der Waals surface area contributed by atoms with Gasteiger partial charge in [0.15, 0.2) is 0 Å². The van der Waals surface area contributed by atoms with Crippen LogP contribution in [-0.2, 0) is 13.5 Å². The van der Waals surface area contributed by atoms with Crippen LogP contribution in [0, 0.1) is 0 Å². The number of nitrogen functional groups attached to an aromatic ring is 1. The molecule has 0 spiro atoms. The Labute approximate surface area is 121 Å². The number of carbonyl (C=O) groups excluding carboxylic acids is 1. The van der Waals surface area contributed by atoms with E-state index in [4.69, 9.17) is 5.73 Å². The minimum absolute atomic E-state index is 0.211. The van der Waals surface area contributed by atoms with E-state index >= 15 is 0 Å². The first kappa shape index (κ1) is 13.4. The zero-order valence-corrected chi connectivity index (χ0v) is 11.7. The summed E-state index contributed by atoms with van der Waals surface area (Å²) < 4.78 is 1.16. The van der Waals surface area contributed by atoms with Gasteiger partial charge >= 0.3 is 0 Å². The van der Waals surface area contributed by atoms with Crippen LogP contribution >= 0.6 is 0 Å². The van der Waals surface area contributed by atoms with E-state index in [1.807, 2.05) is 18.2 Å². The van der Waals surface area contributed by atoms with Gasteiger partial charge in [0.05, 0.1) is 0 Å². The van der Waals surface area contributed by atoms with Crippen molar-refractivity contribution in [1.29, 1.82) is 0 Å². The third kappa shape index (κ3) is 2.29. The third-order valence-corrected chi connectivity index (χ3v) is 3.71. The van der Waals surface area contributed by atoms with Gasteiger partial charge in [-0.05, 0) is 36.6 Å². The second-order valence-electron chi connectivity index (χ2n) is 5.09. The van der Waals surface area contributed by atoms with Gasteiger partial charge in [-0.25, -0.2) is 4.68 Å². The molecule has 0 saturated carbocycles. The van der Waals surface area contributed by atoms with Crippen molar-refractivity contribution in [3.05, 3.63) is 51.9 Å². The average molecular weight is 284 g/mol. The van der Waals surface area contributed by atoms with Crippen LogP contribution in [0.4, 0.5) is 11.4 Å². The molecule has 0 unspecified atom stereocenters. The molecule has 0 atom stereocenters. The Balaban J connectivity index is 2.02. The predicted octanol–water partition coefficient (Wildman–Crippen LogP) is 0.955. The molecular formula is C15H16N4O2. The quantitative estimate of drug-likeness (QED) is 0.791. The molecule has 6 nitrogen and oxygen atoms in total. The Morgan fingerprint density at radius 2 is 2.10 bits per heavy atom. The van der Waals surface area contributed by atoms with Crippen LogP contribution in [0.1, 0.15) is 22.5 Å². The number of fused-ring (bicyclic) bond motifs is 1. The molecule has 6 heteroatoms. The summed E-state index contributed by atoms with van der Waals surface area (Å²) in [6, 6.07) is 8.39. The van der Waals surface area contributed by atoms with Gasteiger partial charge in [0.2, 0.25) is 0 Å². The second kappa shape index (κ2) is 5.05. The highest BCUT2D eigenvalue weighted by Crippen LogP contribution is 2.31. The van der Waals surface area contributed by atoms with Gasteiger partial charge in [-0.1, -0.05) is 6.07 Å². The number of carbonyl (C=O) groups is 1. The molecule has 0 fully saturated rings. The highest BCUT2D eigenvalue weighted by Gasteiger charge is 2.25. The molecule has 1 aromatic carbocycles. The zero-order chi connectivity index (χ0) is 15.0. The molecule has 0 saturated heterocycles. The molecule has 21 heavy (non-hydrogen) atoms. The Bertz CT molecular complexity index is 767. The number of rotatable bonds is 1. The maximum atomic E-state index is 12.6. The van der Waals surface area contributed by atoms with Crippen LogP contribution in [-0.4, -0.2) is 22.2 Å². The first-order chi connectivity index (χ1) is 10.1. The van der Waals surface area contributed by atoms with E-state index in [0.29, 0.717) is 12.2 Å². The van der Waals surface area contributed by atoms with Crippen LogP contribution in [0.25, 0.3) is 0 Å². The number of hydrogen-bond donors (Lipinski definition) is 1. The molecule has 3 rings (SSSR count). The van der Waals surface area contributed by atoms with E-state index in [1.165, 1.54) is 19.2 Å². The smallest absolute Gasteiger partial charge is 0.278 e. The van der Waals surface area contributed by atoms with E-state index in [1.54, 1.807) is 4.90 Å². The second-order valence-corrected chi connectivity index (χ2v) is 5.09. The van der Waals surface area contributed by atoms with Crippen LogP contribution in [0.15, 0.2) is 35.1 Å². The number of nitrogens with two attached hydrogens (primary N) is 1. The number of aromatic nitrogens is 2. The van der Waals surface area contributed by atoms with Gasteiger partial charge in [-0.3, -0.25) is 9.59 Å². The molecule has 2 aromatic rings. The summed E-state index contributed by atoms with van der Waals surface area (Å²) in [6.07, 6.45) is 1.73. The van der Waals surface area contributed by atoms with Crippen molar-refractivity contribution in [1.82, 2.24) is 9.78 Å². The van der Waals surface area contributed by atoms with E-state index < -0.39 is 0 Å². The van der Waals surface area contributed by atoms with Crippen LogP contribution in [0.2, 0.25) is 0 Å². The van der Waals surface area contributed by atoms with Crippen molar-refractivity contribution in [2.45, 2.75) is 12.8 Å². The summed E-state index contributed by atoms with van der Waals surface area (Å²) in [5.41, 5.74) is 8.55. The number of benzene rings is 1. The van der Waals surface area contributed by atoms with Crippen molar-refractivity contribution >= 4 is 17.3 Å². The van der Waals surface area contributed by atoms with Crippen molar-refractivity contribution in [3.8, 4) is 0 Å². The van der Waals surface area contributed by atoms with E-state index in [9.17, 15) is 9.59 Å². The van der Waals surface area contributed by atoms with Crippen molar-refractivity contribution in [2.75, 3.05) is 17.2 Å². The summed E-state index contributed by atoms with van der Waals surface area (Å²) >= 11 is 0. The van der Waals surface area contributed by atoms with Gasteiger partial charge in [-0.15, -0.1) is 0 Å². The van der Waals surface area contributed by atoms with Gasteiger partial charge in [0, 0.05) is 31.0 Å². The minimum atomic E-state index is -0.241. The van der Waals surface area contributed by atoms with Crippen LogP contribution < -0.4 is 16.2 Å². The molecule has 1 aliphatic rings. The summed E-state index contributed by atoms with van der Waals surface area (Å²) in [5, 5.41) is 4.02. The normalized spacial score (nSPS) is 13.9. The predicted molar refractivity (Wildman–Crippen MR) is 80.3 cm³/mol. The van der Waals surface area contributed by atoms with Crippen LogP contribution in [0.5, 0.6) is 0 Å². The Hall–Kier alpha value is -2.63. The summed E-state index contributed by atoms with van der Waals surface area (Å²) in [4.78, 5) is 25.7. The molecule has 0 aliphatic carbocycles. The van der Waals surface area contributed by atoms with Gasteiger partial charge in [-0.2, -0.15) is 5.10 Å². The molecule has 2 heterocycles. The number of aryl methyl sites for hydroxylation is 1. The lowest BCUT2D eigenvalue weighted by Crippen LogP contribution is -2.37. The summed E-state index contributed by atoms with van der Waals surface area (Å²) in [6.45, 7) is 0.625. The van der Waals surface area contributed by atoms with Crippen molar-refractivity contribution in [2.24, 2.45) is 7.05 Å². The van der Waals surface area contributed by atoms with E-state index in [-0.39, 0.29) is 17.2 Å². The maximum absolute atomic E-state index is 12.6. The Morgan fingerprint density at radius 3 is 2.86 bits per heavy atom. The number of amides is 1. The standard InChI is InChI=1S/C15H16N4O2/c1-18-14(20)8-7-12(17-18)15(21)19-9-3-4-10-11(16)5-2-6-13(10)19/h2,5-8H,3-4,9,16H2,1H3. The summed E-state index contributed by atoms with van der Waals surface area (Å²) in [7, 11) is 1.53. The Morgan fingerprint density at radius 1 is 1.29 bits per heavy atom. The fourth-order valence-corrected chi connectivity index (χ4v) is 2.62. The van der Waals surface area contributed by atoms with Crippen LogP contribution in [0.3, 0.4) is 0 Å². The van der Waals surface area contributed by atoms with Gasteiger partial charge < -0.3 is 10.6 Å². The molecule has 1 aliphatic heterocycles. The summed E-state index contributed by atoms with van der Waals surface area (Å²) in [5.74, 6) is -0.211. The van der Waals surface area contributed by atoms with Gasteiger partial charge in [0.1, 0.15) is 5.69 Å². The van der Waals surface area contributed by atoms with Crippen molar-refractivity contribution < 1.29 is 4.79 Å². The first-order valence-corrected chi connectivity index (χ1v) is 6.81. The number of anilines is 2. The molecule has 1 amide bonds. The van der Waals surface area contributed by atoms with Crippen molar-refractivity contribution in [3.63, 3.8) is 0 Å².